The van der Waals surface area contributed by atoms with Gasteiger partial charge in [-0.25, -0.2) is 0 Å². The van der Waals surface area contributed by atoms with Gasteiger partial charge in [-0.05, 0) is 61.9 Å². The van der Waals surface area contributed by atoms with Crippen LogP contribution < -0.4 is 15.0 Å². The molecule has 2 unspecified atom stereocenters. The molecule has 2 aromatic rings. The molecular formula is C26H34N2O3. The summed E-state index contributed by atoms with van der Waals surface area (Å²) in [5, 5.41) is 3.58. The summed E-state index contributed by atoms with van der Waals surface area (Å²) in [5.41, 5.74) is 3.81. The number of nitrogens with one attached hydrogen (secondary N) is 1. The van der Waals surface area contributed by atoms with Crippen LogP contribution in [0.15, 0.2) is 42.5 Å². The van der Waals surface area contributed by atoms with Gasteiger partial charge in [-0.2, -0.15) is 0 Å². The topological polar surface area (TPSA) is 58.6 Å². The van der Waals surface area contributed by atoms with Gasteiger partial charge in [0.05, 0.1) is 18.2 Å². The van der Waals surface area contributed by atoms with E-state index in [0.717, 1.165) is 44.1 Å². The second kappa shape index (κ2) is 11.7. The van der Waals surface area contributed by atoms with E-state index in [4.69, 9.17) is 4.74 Å². The number of benzene rings is 2. The fourth-order valence-corrected chi connectivity index (χ4v) is 4.38. The molecule has 0 bridgehead atoms. The Hall–Kier alpha value is -2.66. The van der Waals surface area contributed by atoms with Crippen molar-refractivity contribution < 1.29 is 14.3 Å². The molecule has 1 heterocycles. The van der Waals surface area contributed by atoms with Crippen LogP contribution >= 0.6 is 0 Å². The summed E-state index contributed by atoms with van der Waals surface area (Å²) in [5.74, 6) is 0.518. The number of ether oxygens (including phenoxy) is 1. The van der Waals surface area contributed by atoms with Crippen molar-refractivity contribution in [1.82, 2.24) is 5.32 Å². The van der Waals surface area contributed by atoms with E-state index in [-0.39, 0.29) is 6.04 Å². The molecule has 0 amide bonds. The van der Waals surface area contributed by atoms with Crippen molar-refractivity contribution in [3.63, 3.8) is 0 Å². The first-order valence-electron chi connectivity index (χ1n) is 11.5. The maximum Gasteiger partial charge on any atom is 0.153 e. The summed E-state index contributed by atoms with van der Waals surface area (Å²) in [6, 6.07) is 13.5. The number of para-hydroxylation sites is 1. The van der Waals surface area contributed by atoms with Gasteiger partial charge >= 0.3 is 0 Å². The second-order valence-corrected chi connectivity index (χ2v) is 8.08. The maximum atomic E-state index is 12.1. The molecule has 5 heteroatoms. The van der Waals surface area contributed by atoms with Gasteiger partial charge < -0.3 is 14.4 Å². The Labute approximate surface area is 185 Å². The number of piperidine rings is 1. The number of hydrogen-bond donors (Lipinski definition) is 1. The van der Waals surface area contributed by atoms with E-state index >= 15 is 0 Å². The summed E-state index contributed by atoms with van der Waals surface area (Å²) in [7, 11) is 0. The van der Waals surface area contributed by atoms with Crippen LogP contribution in [0.4, 0.5) is 5.69 Å². The minimum atomic E-state index is -0.481. The van der Waals surface area contributed by atoms with Crippen molar-refractivity contribution in [2.75, 3.05) is 24.6 Å². The second-order valence-electron chi connectivity index (χ2n) is 8.08. The SMILES string of the molecule is CCCC(NC(C=O)c1ccc(C=O)c(OCC)c1)c1ccccc1N1CCCCC1. The number of anilines is 1. The number of nitrogens with zero attached hydrogens (tertiary/aromatic N) is 1. The van der Waals surface area contributed by atoms with Crippen molar-refractivity contribution in [2.24, 2.45) is 0 Å². The van der Waals surface area contributed by atoms with E-state index < -0.39 is 6.04 Å². The van der Waals surface area contributed by atoms with Crippen LogP contribution in [-0.2, 0) is 4.79 Å². The van der Waals surface area contributed by atoms with E-state index in [1.807, 2.05) is 13.0 Å². The van der Waals surface area contributed by atoms with Crippen molar-refractivity contribution in [2.45, 2.75) is 58.0 Å². The molecular weight excluding hydrogens is 388 g/mol. The van der Waals surface area contributed by atoms with Gasteiger partial charge in [-0.15, -0.1) is 0 Å². The Bertz CT molecular complexity index is 861. The van der Waals surface area contributed by atoms with Crippen LogP contribution in [0, 0.1) is 0 Å². The van der Waals surface area contributed by atoms with Crippen molar-refractivity contribution in [1.29, 1.82) is 0 Å². The first-order chi connectivity index (χ1) is 15.2. The monoisotopic (exact) mass is 422 g/mol. The number of rotatable bonds is 11. The van der Waals surface area contributed by atoms with E-state index in [2.05, 4.69) is 41.4 Å². The van der Waals surface area contributed by atoms with E-state index in [9.17, 15) is 9.59 Å². The first-order valence-corrected chi connectivity index (χ1v) is 11.5. The lowest BCUT2D eigenvalue weighted by Gasteiger charge is -2.33. The van der Waals surface area contributed by atoms with Crippen LogP contribution in [0.25, 0.3) is 0 Å². The highest BCUT2D eigenvalue weighted by molar-refractivity contribution is 5.80. The zero-order valence-electron chi connectivity index (χ0n) is 18.7. The van der Waals surface area contributed by atoms with Crippen LogP contribution in [0.2, 0.25) is 0 Å². The summed E-state index contributed by atoms with van der Waals surface area (Å²) in [4.78, 5) is 25.9. The number of carbonyl (C=O) groups is 2. The molecule has 31 heavy (non-hydrogen) atoms. The summed E-state index contributed by atoms with van der Waals surface area (Å²) < 4.78 is 5.62. The molecule has 5 nitrogen and oxygen atoms in total. The predicted molar refractivity (Wildman–Crippen MR) is 125 cm³/mol. The molecule has 0 radical (unpaired) electrons. The number of hydrogen-bond acceptors (Lipinski definition) is 5. The molecule has 1 fully saturated rings. The average molecular weight is 423 g/mol. The lowest BCUT2D eigenvalue weighted by molar-refractivity contribution is -0.109. The quantitative estimate of drug-likeness (QED) is 0.501. The molecule has 166 valence electrons. The number of aldehydes is 2. The van der Waals surface area contributed by atoms with Gasteiger partial charge in [0.25, 0.3) is 0 Å². The van der Waals surface area contributed by atoms with Gasteiger partial charge in [0, 0.05) is 24.8 Å². The minimum Gasteiger partial charge on any atom is -0.493 e. The van der Waals surface area contributed by atoms with Gasteiger partial charge in [0.2, 0.25) is 0 Å². The van der Waals surface area contributed by atoms with Gasteiger partial charge in [-0.1, -0.05) is 37.6 Å². The first kappa shape index (κ1) is 23.0. The highest BCUT2D eigenvalue weighted by Gasteiger charge is 2.23. The molecule has 0 aromatic heterocycles. The van der Waals surface area contributed by atoms with Crippen molar-refractivity contribution >= 4 is 18.3 Å². The molecule has 3 rings (SSSR count). The highest BCUT2D eigenvalue weighted by Crippen LogP contribution is 2.33. The van der Waals surface area contributed by atoms with E-state index in [1.54, 1.807) is 12.1 Å². The Kier molecular flexibility index (Phi) is 8.65. The zero-order valence-corrected chi connectivity index (χ0v) is 18.7. The maximum absolute atomic E-state index is 12.1. The third-order valence-electron chi connectivity index (χ3n) is 5.93. The van der Waals surface area contributed by atoms with Gasteiger partial charge in [0.15, 0.2) is 6.29 Å². The smallest absolute Gasteiger partial charge is 0.153 e. The van der Waals surface area contributed by atoms with Crippen LogP contribution in [0.1, 0.15) is 79.5 Å². The molecule has 1 N–H and O–H groups in total. The zero-order chi connectivity index (χ0) is 22.1. The Morgan fingerprint density at radius 1 is 1.06 bits per heavy atom. The lowest BCUT2D eigenvalue weighted by atomic mass is 9.96. The van der Waals surface area contributed by atoms with E-state index in [0.29, 0.717) is 17.9 Å². The normalized spacial score (nSPS) is 15.9. The summed E-state index contributed by atoms with van der Waals surface area (Å²) in [6.07, 6.45) is 7.40. The molecule has 1 aliphatic rings. The standard InChI is InChI=1S/C26H34N2O3/c1-3-10-23(22-11-6-7-12-25(22)28-15-8-5-9-16-28)27-24(19-30)20-13-14-21(18-29)26(17-20)31-4-2/h6-7,11-14,17-19,23-24,27H,3-5,8-10,15-16H2,1-2H3. The van der Waals surface area contributed by atoms with Crippen molar-refractivity contribution in [3.05, 3.63) is 59.2 Å². The molecule has 1 aliphatic heterocycles. The fraction of sp³-hybridized carbons (Fsp3) is 0.462. The van der Waals surface area contributed by atoms with E-state index in [1.165, 1.54) is 30.5 Å². The lowest BCUT2D eigenvalue weighted by Crippen LogP contribution is -2.33. The van der Waals surface area contributed by atoms with Gasteiger partial charge in [-0.3, -0.25) is 10.1 Å². The molecule has 2 aromatic carbocycles. The molecule has 1 saturated heterocycles. The fourth-order valence-electron chi connectivity index (χ4n) is 4.38. The molecule has 0 spiro atoms. The van der Waals surface area contributed by atoms with Crippen LogP contribution in [0.5, 0.6) is 5.75 Å². The van der Waals surface area contributed by atoms with Crippen molar-refractivity contribution in [3.8, 4) is 5.75 Å². The Morgan fingerprint density at radius 2 is 1.84 bits per heavy atom. The average Bonchev–Trinajstić information content (AvgIpc) is 2.82. The Morgan fingerprint density at radius 3 is 2.52 bits per heavy atom. The largest absolute Gasteiger partial charge is 0.493 e. The third kappa shape index (κ3) is 5.73. The summed E-state index contributed by atoms with van der Waals surface area (Å²) in [6.45, 7) is 6.67. The van der Waals surface area contributed by atoms with Crippen LogP contribution in [0.3, 0.4) is 0 Å². The number of carbonyl (C=O) groups excluding carboxylic acids is 2. The molecule has 2 atom stereocenters. The third-order valence-corrected chi connectivity index (χ3v) is 5.93. The summed E-state index contributed by atoms with van der Waals surface area (Å²) >= 11 is 0. The molecule has 0 saturated carbocycles. The molecule has 0 aliphatic carbocycles. The Balaban J connectivity index is 1.89. The highest BCUT2D eigenvalue weighted by atomic mass is 16.5. The van der Waals surface area contributed by atoms with Gasteiger partial charge in [0.1, 0.15) is 12.0 Å². The minimum absolute atomic E-state index is 0.0552. The predicted octanol–water partition coefficient (Wildman–Crippen LogP) is 5.26. The van der Waals surface area contributed by atoms with Crippen LogP contribution in [-0.4, -0.2) is 32.3 Å².